The molecule has 0 unspecified atom stereocenters. The van der Waals surface area contributed by atoms with Crippen LogP contribution in [0.1, 0.15) is 17.3 Å². The Hall–Kier alpha value is -1.66. The minimum Gasteiger partial charge on any atom is -0.378 e. The number of morpholine rings is 1. The molecule has 1 N–H and O–H groups in total. The summed E-state index contributed by atoms with van der Waals surface area (Å²) in [6.07, 6.45) is 0. The van der Waals surface area contributed by atoms with Crippen molar-refractivity contribution in [2.75, 3.05) is 26.3 Å². The van der Waals surface area contributed by atoms with Crippen LogP contribution < -0.4 is 5.32 Å². The summed E-state index contributed by atoms with van der Waals surface area (Å²) in [5.41, 5.74) is 0.139. The van der Waals surface area contributed by atoms with Crippen molar-refractivity contribution in [2.24, 2.45) is 0 Å². The topological polar surface area (TPSA) is 58.6 Å². The van der Waals surface area contributed by atoms with E-state index in [2.05, 4.69) is 5.32 Å². The highest BCUT2D eigenvalue weighted by atomic mass is 35.5. The van der Waals surface area contributed by atoms with Gasteiger partial charge in [0.15, 0.2) is 0 Å². The number of rotatable bonds is 3. The van der Waals surface area contributed by atoms with Crippen molar-refractivity contribution >= 4 is 23.4 Å². The maximum atomic E-state index is 13.0. The SMILES string of the molecule is C[C@@H](NC(=O)c1ccc(F)cc1Cl)C(=O)N1CCOCC1. The predicted molar refractivity (Wildman–Crippen MR) is 75.7 cm³/mol. The Bertz CT molecular complexity index is 547. The van der Waals surface area contributed by atoms with Crippen molar-refractivity contribution in [3.8, 4) is 0 Å². The lowest BCUT2D eigenvalue weighted by Gasteiger charge is -2.29. The van der Waals surface area contributed by atoms with Gasteiger partial charge in [-0.15, -0.1) is 0 Å². The van der Waals surface area contributed by atoms with Gasteiger partial charge in [-0.2, -0.15) is 0 Å². The van der Waals surface area contributed by atoms with Crippen LogP contribution in [0.5, 0.6) is 0 Å². The summed E-state index contributed by atoms with van der Waals surface area (Å²) in [7, 11) is 0. The zero-order valence-electron chi connectivity index (χ0n) is 11.6. The molecule has 0 saturated carbocycles. The summed E-state index contributed by atoms with van der Waals surface area (Å²) in [6, 6.07) is 2.82. The molecule has 21 heavy (non-hydrogen) atoms. The Morgan fingerprint density at radius 3 is 2.67 bits per heavy atom. The molecule has 1 heterocycles. The molecule has 2 rings (SSSR count). The Morgan fingerprint density at radius 1 is 1.38 bits per heavy atom. The number of nitrogens with one attached hydrogen (secondary N) is 1. The largest absolute Gasteiger partial charge is 0.378 e. The molecule has 1 aromatic carbocycles. The standard InChI is InChI=1S/C14H16ClFN2O3/c1-9(14(20)18-4-6-21-7-5-18)17-13(19)11-3-2-10(16)8-12(11)15/h2-3,8-9H,4-7H2,1H3,(H,17,19)/t9-/m1/s1. The number of hydrogen-bond donors (Lipinski definition) is 1. The fraction of sp³-hybridized carbons (Fsp3) is 0.429. The van der Waals surface area contributed by atoms with Crippen molar-refractivity contribution in [3.63, 3.8) is 0 Å². The number of hydrogen-bond acceptors (Lipinski definition) is 3. The number of benzene rings is 1. The van der Waals surface area contributed by atoms with E-state index in [-0.39, 0.29) is 16.5 Å². The fourth-order valence-corrected chi connectivity index (χ4v) is 2.32. The third kappa shape index (κ3) is 3.92. The third-order valence-electron chi connectivity index (χ3n) is 3.22. The van der Waals surface area contributed by atoms with Crippen LogP contribution in [0, 0.1) is 5.82 Å². The number of carbonyl (C=O) groups excluding carboxylic acids is 2. The molecule has 7 heteroatoms. The quantitative estimate of drug-likeness (QED) is 0.919. The van der Waals surface area contributed by atoms with Crippen LogP contribution in [-0.2, 0) is 9.53 Å². The molecule has 5 nitrogen and oxygen atoms in total. The van der Waals surface area contributed by atoms with E-state index in [0.29, 0.717) is 26.3 Å². The summed E-state index contributed by atoms with van der Waals surface area (Å²) in [4.78, 5) is 25.9. The average molecular weight is 315 g/mol. The maximum absolute atomic E-state index is 13.0. The number of amides is 2. The summed E-state index contributed by atoms with van der Waals surface area (Å²) in [6.45, 7) is 3.62. The van der Waals surface area contributed by atoms with E-state index in [0.717, 1.165) is 12.1 Å². The highest BCUT2D eigenvalue weighted by Gasteiger charge is 2.24. The lowest BCUT2D eigenvalue weighted by atomic mass is 10.2. The Labute approximate surface area is 127 Å². The van der Waals surface area contributed by atoms with Crippen molar-refractivity contribution in [2.45, 2.75) is 13.0 Å². The maximum Gasteiger partial charge on any atom is 0.253 e. The number of nitrogens with zero attached hydrogens (tertiary/aromatic N) is 1. The summed E-state index contributed by atoms with van der Waals surface area (Å²) >= 11 is 5.82. The molecule has 1 fully saturated rings. The van der Waals surface area contributed by atoms with Crippen molar-refractivity contribution in [1.82, 2.24) is 10.2 Å². The van der Waals surface area contributed by atoms with Gasteiger partial charge in [0.25, 0.3) is 5.91 Å². The van der Waals surface area contributed by atoms with Gasteiger partial charge in [-0.1, -0.05) is 11.6 Å². The first-order chi connectivity index (χ1) is 9.99. The van der Waals surface area contributed by atoms with E-state index in [4.69, 9.17) is 16.3 Å². The summed E-state index contributed by atoms with van der Waals surface area (Å²) in [5, 5.41) is 2.59. The molecule has 0 aliphatic carbocycles. The molecule has 1 saturated heterocycles. The molecule has 0 radical (unpaired) electrons. The Morgan fingerprint density at radius 2 is 2.05 bits per heavy atom. The van der Waals surface area contributed by atoms with Crippen LogP contribution in [0.15, 0.2) is 18.2 Å². The van der Waals surface area contributed by atoms with Crippen molar-refractivity contribution in [1.29, 1.82) is 0 Å². The number of halogens is 2. The first-order valence-electron chi connectivity index (χ1n) is 6.61. The van der Waals surface area contributed by atoms with E-state index in [9.17, 15) is 14.0 Å². The third-order valence-corrected chi connectivity index (χ3v) is 3.53. The first-order valence-corrected chi connectivity index (χ1v) is 6.99. The second-order valence-electron chi connectivity index (χ2n) is 4.76. The van der Waals surface area contributed by atoms with Gasteiger partial charge in [0.1, 0.15) is 11.9 Å². The average Bonchev–Trinajstić information content (AvgIpc) is 2.47. The zero-order valence-corrected chi connectivity index (χ0v) is 12.3. The molecular formula is C14H16ClFN2O3. The van der Waals surface area contributed by atoms with Gasteiger partial charge in [-0.25, -0.2) is 4.39 Å². The number of ether oxygens (including phenoxy) is 1. The van der Waals surface area contributed by atoms with E-state index < -0.39 is 17.8 Å². The van der Waals surface area contributed by atoms with Crippen LogP contribution in [0.25, 0.3) is 0 Å². The lowest BCUT2D eigenvalue weighted by molar-refractivity contribution is -0.136. The minimum absolute atomic E-state index is 0.0125. The van der Waals surface area contributed by atoms with Crippen LogP contribution in [0.2, 0.25) is 5.02 Å². The Balaban J connectivity index is 1.99. The Kier molecular flexibility index (Phi) is 5.14. The molecule has 114 valence electrons. The van der Waals surface area contributed by atoms with Crippen LogP contribution >= 0.6 is 11.6 Å². The normalized spacial score (nSPS) is 16.4. The van der Waals surface area contributed by atoms with Crippen LogP contribution in [-0.4, -0.2) is 49.1 Å². The van der Waals surface area contributed by atoms with Gasteiger partial charge in [-0.3, -0.25) is 9.59 Å². The molecule has 1 atom stereocenters. The van der Waals surface area contributed by atoms with Gasteiger partial charge in [-0.05, 0) is 25.1 Å². The molecule has 0 aromatic heterocycles. The van der Waals surface area contributed by atoms with Gasteiger partial charge in [0, 0.05) is 13.1 Å². The lowest BCUT2D eigenvalue weighted by Crippen LogP contribution is -2.50. The van der Waals surface area contributed by atoms with Gasteiger partial charge >= 0.3 is 0 Å². The van der Waals surface area contributed by atoms with Crippen LogP contribution in [0.4, 0.5) is 4.39 Å². The second kappa shape index (κ2) is 6.87. The molecule has 0 bridgehead atoms. The molecule has 2 amide bonds. The molecule has 1 aliphatic rings. The second-order valence-corrected chi connectivity index (χ2v) is 5.16. The minimum atomic E-state index is -0.684. The van der Waals surface area contributed by atoms with Crippen molar-refractivity contribution < 1.29 is 18.7 Å². The smallest absolute Gasteiger partial charge is 0.253 e. The molecule has 1 aromatic rings. The number of carbonyl (C=O) groups is 2. The predicted octanol–water partition coefficient (Wildman–Crippen LogP) is 1.46. The highest BCUT2D eigenvalue weighted by molar-refractivity contribution is 6.33. The van der Waals surface area contributed by atoms with Crippen LogP contribution in [0.3, 0.4) is 0 Å². The molecule has 0 spiro atoms. The van der Waals surface area contributed by atoms with E-state index in [1.165, 1.54) is 6.07 Å². The van der Waals surface area contributed by atoms with Gasteiger partial charge in [0.2, 0.25) is 5.91 Å². The zero-order chi connectivity index (χ0) is 15.4. The van der Waals surface area contributed by atoms with Gasteiger partial charge in [0.05, 0.1) is 23.8 Å². The van der Waals surface area contributed by atoms with E-state index in [1.54, 1.807) is 11.8 Å². The summed E-state index contributed by atoms with van der Waals surface area (Å²) < 4.78 is 18.1. The highest BCUT2D eigenvalue weighted by Crippen LogP contribution is 2.17. The molecular weight excluding hydrogens is 299 g/mol. The fourth-order valence-electron chi connectivity index (χ4n) is 2.07. The van der Waals surface area contributed by atoms with Gasteiger partial charge < -0.3 is 15.0 Å². The van der Waals surface area contributed by atoms with Crippen molar-refractivity contribution in [3.05, 3.63) is 34.6 Å². The van der Waals surface area contributed by atoms with E-state index in [1.807, 2.05) is 0 Å². The van der Waals surface area contributed by atoms with E-state index >= 15 is 0 Å². The summed E-state index contributed by atoms with van der Waals surface area (Å²) in [5.74, 6) is -1.20. The molecule has 1 aliphatic heterocycles. The monoisotopic (exact) mass is 314 g/mol. The first kappa shape index (κ1) is 15.7.